The number of ether oxygens (including phenoxy) is 3. The fourth-order valence-corrected chi connectivity index (χ4v) is 2.54. The van der Waals surface area contributed by atoms with E-state index in [9.17, 15) is 4.79 Å². The molecule has 1 aromatic heterocycles. The molecule has 0 saturated heterocycles. The first-order valence-corrected chi connectivity index (χ1v) is 7.63. The van der Waals surface area contributed by atoms with Crippen molar-refractivity contribution in [1.82, 2.24) is 9.97 Å². The van der Waals surface area contributed by atoms with Crippen molar-refractivity contribution in [3.8, 4) is 11.5 Å². The minimum Gasteiger partial charge on any atom is -0.497 e. The number of nitrogens with zero attached hydrogens (tertiary/aromatic N) is 1. The smallest absolute Gasteiger partial charge is 0.340 e. The number of hydrogen-bond acceptors (Lipinski definition) is 5. The molecule has 0 aliphatic carbocycles. The van der Waals surface area contributed by atoms with Gasteiger partial charge >= 0.3 is 5.97 Å². The third-order valence-electron chi connectivity index (χ3n) is 3.79. The van der Waals surface area contributed by atoms with Crippen LogP contribution in [0.5, 0.6) is 11.5 Å². The Morgan fingerprint density at radius 2 is 1.92 bits per heavy atom. The van der Waals surface area contributed by atoms with Crippen LogP contribution in [0.3, 0.4) is 0 Å². The fourth-order valence-electron chi connectivity index (χ4n) is 2.54. The molecule has 2 aromatic carbocycles. The number of imidazole rings is 1. The third-order valence-corrected chi connectivity index (χ3v) is 3.79. The molecule has 0 bridgehead atoms. The van der Waals surface area contributed by atoms with E-state index >= 15 is 0 Å². The maximum absolute atomic E-state index is 11.8. The Kier molecular flexibility index (Phi) is 4.70. The Labute approximate surface area is 145 Å². The number of para-hydroxylation sites is 1. The fraction of sp³-hybridized carbons (Fsp3) is 0.158. The molecule has 3 rings (SSSR count). The van der Waals surface area contributed by atoms with Gasteiger partial charge < -0.3 is 19.2 Å². The van der Waals surface area contributed by atoms with Gasteiger partial charge in [-0.25, -0.2) is 9.78 Å². The highest BCUT2D eigenvalue weighted by Gasteiger charge is 2.13. The van der Waals surface area contributed by atoms with Crippen molar-refractivity contribution in [1.29, 1.82) is 0 Å². The lowest BCUT2D eigenvalue weighted by Crippen LogP contribution is -2.01. The number of carbonyl (C=O) groups is 1. The molecule has 0 saturated carbocycles. The maximum atomic E-state index is 11.8. The second-order valence-corrected chi connectivity index (χ2v) is 5.26. The van der Waals surface area contributed by atoms with E-state index in [0.717, 1.165) is 22.6 Å². The van der Waals surface area contributed by atoms with E-state index in [-0.39, 0.29) is 0 Å². The van der Waals surface area contributed by atoms with Crippen molar-refractivity contribution >= 4 is 29.2 Å². The standard InChI is InChI=1S/C19H18N2O4/c1-23-13-8-9-16(24-2)12(11-13)7-10-17-20-15-6-4-5-14(18(15)21-17)19(22)25-3/h4-11H,1-3H3,(H,20,21). The highest BCUT2D eigenvalue weighted by molar-refractivity contribution is 6.02. The minimum atomic E-state index is -0.415. The van der Waals surface area contributed by atoms with Crippen LogP contribution in [-0.4, -0.2) is 37.3 Å². The van der Waals surface area contributed by atoms with Gasteiger partial charge in [-0.2, -0.15) is 0 Å². The number of carbonyl (C=O) groups excluding carboxylic acids is 1. The van der Waals surface area contributed by atoms with Gasteiger partial charge in [0.25, 0.3) is 0 Å². The molecule has 0 radical (unpaired) electrons. The molecule has 0 fully saturated rings. The number of rotatable bonds is 5. The second kappa shape index (κ2) is 7.09. The van der Waals surface area contributed by atoms with E-state index in [1.165, 1.54) is 7.11 Å². The summed E-state index contributed by atoms with van der Waals surface area (Å²) in [5, 5.41) is 0. The molecular weight excluding hydrogens is 320 g/mol. The van der Waals surface area contributed by atoms with Crippen LogP contribution in [0, 0.1) is 0 Å². The first kappa shape index (κ1) is 16.6. The number of methoxy groups -OCH3 is 3. The summed E-state index contributed by atoms with van der Waals surface area (Å²) in [6.07, 6.45) is 3.69. The summed E-state index contributed by atoms with van der Waals surface area (Å²) in [6, 6.07) is 10.9. The van der Waals surface area contributed by atoms with Crippen LogP contribution < -0.4 is 9.47 Å². The summed E-state index contributed by atoms with van der Waals surface area (Å²) >= 11 is 0. The summed E-state index contributed by atoms with van der Waals surface area (Å²) in [7, 11) is 4.58. The Balaban J connectivity index is 1.98. The molecule has 6 heteroatoms. The number of aromatic amines is 1. The van der Waals surface area contributed by atoms with Gasteiger partial charge in [-0.15, -0.1) is 0 Å². The summed E-state index contributed by atoms with van der Waals surface area (Å²) in [4.78, 5) is 19.5. The SMILES string of the molecule is COC(=O)c1cccc2[nH]c(C=Cc3cc(OC)ccc3OC)nc12. The highest BCUT2D eigenvalue weighted by atomic mass is 16.5. The van der Waals surface area contributed by atoms with E-state index in [1.54, 1.807) is 26.4 Å². The molecule has 6 nitrogen and oxygen atoms in total. The molecule has 3 aromatic rings. The minimum absolute atomic E-state index is 0.415. The summed E-state index contributed by atoms with van der Waals surface area (Å²) in [6.45, 7) is 0. The lowest BCUT2D eigenvalue weighted by Gasteiger charge is -2.06. The lowest BCUT2D eigenvalue weighted by molar-refractivity contribution is 0.0603. The summed E-state index contributed by atoms with van der Waals surface area (Å²) in [5.74, 6) is 1.67. The highest BCUT2D eigenvalue weighted by Crippen LogP contribution is 2.26. The van der Waals surface area contributed by atoms with Gasteiger partial charge in [-0.1, -0.05) is 6.07 Å². The predicted octanol–water partition coefficient (Wildman–Crippen LogP) is 3.54. The van der Waals surface area contributed by atoms with Crippen molar-refractivity contribution in [3.05, 3.63) is 53.3 Å². The zero-order valence-electron chi connectivity index (χ0n) is 14.2. The zero-order valence-corrected chi connectivity index (χ0v) is 14.2. The molecular formula is C19H18N2O4. The topological polar surface area (TPSA) is 73.4 Å². The average molecular weight is 338 g/mol. The van der Waals surface area contributed by atoms with E-state index in [0.29, 0.717) is 16.9 Å². The van der Waals surface area contributed by atoms with E-state index in [1.807, 2.05) is 36.4 Å². The van der Waals surface area contributed by atoms with Crippen LogP contribution in [0.4, 0.5) is 0 Å². The van der Waals surface area contributed by atoms with Crippen molar-refractivity contribution in [2.75, 3.05) is 21.3 Å². The van der Waals surface area contributed by atoms with Gasteiger partial charge in [0.1, 0.15) is 22.8 Å². The van der Waals surface area contributed by atoms with Crippen LogP contribution in [-0.2, 0) is 4.74 Å². The van der Waals surface area contributed by atoms with Gasteiger partial charge in [-0.3, -0.25) is 0 Å². The monoisotopic (exact) mass is 338 g/mol. The van der Waals surface area contributed by atoms with Crippen molar-refractivity contribution in [2.45, 2.75) is 0 Å². The summed E-state index contributed by atoms with van der Waals surface area (Å²) in [5.41, 5.74) is 2.62. The molecule has 1 heterocycles. The van der Waals surface area contributed by atoms with Gasteiger partial charge in [0.05, 0.1) is 32.4 Å². The van der Waals surface area contributed by atoms with Gasteiger partial charge in [0.15, 0.2) is 0 Å². The van der Waals surface area contributed by atoms with Crippen molar-refractivity contribution in [2.24, 2.45) is 0 Å². The van der Waals surface area contributed by atoms with Gasteiger partial charge in [-0.05, 0) is 42.5 Å². The predicted molar refractivity (Wildman–Crippen MR) is 95.9 cm³/mol. The zero-order chi connectivity index (χ0) is 17.8. The van der Waals surface area contributed by atoms with Crippen LogP contribution in [0.2, 0.25) is 0 Å². The molecule has 0 spiro atoms. The van der Waals surface area contributed by atoms with Crippen molar-refractivity contribution < 1.29 is 19.0 Å². The Morgan fingerprint density at radius 1 is 1.08 bits per heavy atom. The Bertz CT molecular complexity index is 944. The molecule has 0 amide bonds. The number of fused-ring (bicyclic) bond motifs is 1. The number of aromatic nitrogens is 2. The number of H-pyrrole nitrogens is 1. The van der Waals surface area contributed by atoms with Crippen LogP contribution in [0.1, 0.15) is 21.7 Å². The molecule has 0 atom stereocenters. The number of nitrogens with one attached hydrogen (secondary N) is 1. The number of esters is 1. The third kappa shape index (κ3) is 3.33. The van der Waals surface area contributed by atoms with Crippen LogP contribution in [0.25, 0.3) is 23.2 Å². The summed E-state index contributed by atoms with van der Waals surface area (Å²) < 4.78 is 15.4. The Morgan fingerprint density at radius 3 is 2.64 bits per heavy atom. The molecule has 0 unspecified atom stereocenters. The van der Waals surface area contributed by atoms with Crippen molar-refractivity contribution in [3.63, 3.8) is 0 Å². The molecule has 1 N–H and O–H groups in total. The van der Waals surface area contributed by atoms with Gasteiger partial charge in [0.2, 0.25) is 0 Å². The molecule has 0 aliphatic rings. The van der Waals surface area contributed by atoms with Crippen LogP contribution >= 0.6 is 0 Å². The average Bonchev–Trinajstić information content (AvgIpc) is 3.08. The number of hydrogen-bond donors (Lipinski definition) is 1. The molecule has 25 heavy (non-hydrogen) atoms. The normalized spacial score (nSPS) is 11.0. The van der Waals surface area contributed by atoms with Crippen LogP contribution in [0.15, 0.2) is 36.4 Å². The molecule has 0 aliphatic heterocycles. The van der Waals surface area contributed by atoms with E-state index in [2.05, 4.69) is 9.97 Å². The maximum Gasteiger partial charge on any atom is 0.340 e. The lowest BCUT2D eigenvalue weighted by atomic mass is 10.1. The second-order valence-electron chi connectivity index (χ2n) is 5.26. The molecule has 128 valence electrons. The quantitative estimate of drug-likeness (QED) is 0.720. The van der Waals surface area contributed by atoms with E-state index in [4.69, 9.17) is 14.2 Å². The Hall–Kier alpha value is -3.28. The first-order chi connectivity index (χ1) is 12.2. The van der Waals surface area contributed by atoms with E-state index < -0.39 is 5.97 Å². The first-order valence-electron chi connectivity index (χ1n) is 7.63. The van der Waals surface area contributed by atoms with Gasteiger partial charge in [0, 0.05) is 5.56 Å². The number of benzene rings is 2. The largest absolute Gasteiger partial charge is 0.497 e.